The van der Waals surface area contributed by atoms with Crippen molar-refractivity contribution in [2.45, 2.75) is 26.4 Å². The lowest BCUT2D eigenvalue weighted by Crippen LogP contribution is -2.47. The Hall–Kier alpha value is -3.74. The van der Waals surface area contributed by atoms with E-state index >= 15 is 0 Å². The van der Waals surface area contributed by atoms with E-state index in [1.165, 1.54) is 0 Å². The van der Waals surface area contributed by atoms with Gasteiger partial charge in [-0.1, -0.05) is 12.1 Å². The quantitative estimate of drug-likeness (QED) is 0.563. The largest absolute Gasteiger partial charge is 0.494 e. The SMILES string of the molecule is CCOc1ccc(OC(C)C(=O)NNC(=O)Cc2ccc(-n3cccc3)cc2)cc1. The first-order chi connectivity index (χ1) is 14.5. The summed E-state index contributed by atoms with van der Waals surface area (Å²) < 4.78 is 12.9. The number of amides is 2. The van der Waals surface area contributed by atoms with Crippen molar-refractivity contribution in [1.82, 2.24) is 15.4 Å². The van der Waals surface area contributed by atoms with Gasteiger partial charge >= 0.3 is 0 Å². The van der Waals surface area contributed by atoms with E-state index in [2.05, 4.69) is 10.9 Å². The summed E-state index contributed by atoms with van der Waals surface area (Å²) in [5.41, 5.74) is 6.67. The van der Waals surface area contributed by atoms with Gasteiger partial charge in [0, 0.05) is 18.1 Å². The van der Waals surface area contributed by atoms with Crippen LogP contribution in [-0.2, 0) is 16.0 Å². The van der Waals surface area contributed by atoms with E-state index in [9.17, 15) is 9.59 Å². The first kappa shape index (κ1) is 21.0. The van der Waals surface area contributed by atoms with Crippen molar-refractivity contribution in [1.29, 1.82) is 0 Å². The molecule has 1 atom stereocenters. The summed E-state index contributed by atoms with van der Waals surface area (Å²) in [7, 11) is 0. The Morgan fingerprint density at radius 3 is 2.20 bits per heavy atom. The maximum atomic E-state index is 12.2. The lowest BCUT2D eigenvalue weighted by Gasteiger charge is -2.15. The Morgan fingerprint density at radius 1 is 0.933 bits per heavy atom. The Balaban J connectivity index is 1.43. The Labute approximate surface area is 175 Å². The molecule has 3 aromatic rings. The van der Waals surface area contributed by atoms with Crippen LogP contribution >= 0.6 is 0 Å². The van der Waals surface area contributed by atoms with E-state index < -0.39 is 12.0 Å². The van der Waals surface area contributed by atoms with Gasteiger partial charge in [-0.3, -0.25) is 20.4 Å². The van der Waals surface area contributed by atoms with Crippen LogP contribution in [0.15, 0.2) is 73.1 Å². The zero-order valence-electron chi connectivity index (χ0n) is 17.0. The highest BCUT2D eigenvalue weighted by atomic mass is 16.5. The molecule has 3 rings (SSSR count). The predicted molar refractivity (Wildman–Crippen MR) is 113 cm³/mol. The number of ether oxygens (including phenoxy) is 2. The van der Waals surface area contributed by atoms with Crippen LogP contribution in [0.3, 0.4) is 0 Å². The summed E-state index contributed by atoms with van der Waals surface area (Å²) >= 11 is 0. The molecule has 0 fully saturated rings. The Kier molecular flexibility index (Phi) is 7.10. The minimum atomic E-state index is -0.774. The van der Waals surface area contributed by atoms with E-state index in [4.69, 9.17) is 9.47 Å². The molecule has 1 heterocycles. The number of hydrogen-bond acceptors (Lipinski definition) is 4. The number of hydrazine groups is 1. The van der Waals surface area contributed by atoms with Gasteiger partial charge in [-0.15, -0.1) is 0 Å². The van der Waals surface area contributed by atoms with E-state index in [0.717, 1.165) is 17.0 Å². The molecule has 0 bridgehead atoms. The van der Waals surface area contributed by atoms with Crippen LogP contribution in [0, 0.1) is 0 Å². The summed E-state index contributed by atoms with van der Waals surface area (Å²) in [5, 5.41) is 0. The van der Waals surface area contributed by atoms with Crippen LogP contribution in [0.5, 0.6) is 11.5 Å². The fourth-order valence-corrected chi connectivity index (χ4v) is 2.79. The van der Waals surface area contributed by atoms with Gasteiger partial charge < -0.3 is 14.0 Å². The van der Waals surface area contributed by atoms with Crippen molar-refractivity contribution in [2.75, 3.05) is 6.61 Å². The van der Waals surface area contributed by atoms with Crippen LogP contribution < -0.4 is 20.3 Å². The summed E-state index contributed by atoms with van der Waals surface area (Å²) in [4.78, 5) is 24.3. The average Bonchev–Trinajstić information content (AvgIpc) is 3.29. The highest BCUT2D eigenvalue weighted by Gasteiger charge is 2.15. The Morgan fingerprint density at radius 2 is 1.57 bits per heavy atom. The minimum Gasteiger partial charge on any atom is -0.494 e. The van der Waals surface area contributed by atoms with Gasteiger partial charge in [-0.2, -0.15) is 0 Å². The normalized spacial score (nSPS) is 11.4. The molecule has 0 spiro atoms. The third-order valence-electron chi connectivity index (χ3n) is 4.35. The molecule has 2 N–H and O–H groups in total. The molecule has 0 radical (unpaired) electrons. The predicted octanol–water partition coefficient (Wildman–Crippen LogP) is 3.03. The van der Waals surface area contributed by atoms with Crippen molar-refractivity contribution >= 4 is 11.8 Å². The van der Waals surface area contributed by atoms with Gasteiger partial charge in [-0.05, 0) is 67.9 Å². The third-order valence-corrected chi connectivity index (χ3v) is 4.35. The van der Waals surface area contributed by atoms with Crippen LogP contribution in [0.2, 0.25) is 0 Å². The molecular weight excluding hydrogens is 382 g/mol. The average molecular weight is 407 g/mol. The van der Waals surface area contributed by atoms with E-state index in [1.54, 1.807) is 31.2 Å². The van der Waals surface area contributed by atoms with Crippen LogP contribution in [0.4, 0.5) is 0 Å². The van der Waals surface area contributed by atoms with Crippen LogP contribution in [0.25, 0.3) is 5.69 Å². The van der Waals surface area contributed by atoms with Gasteiger partial charge in [0.25, 0.3) is 5.91 Å². The molecule has 0 saturated carbocycles. The summed E-state index contributed by atoms with van der Waals surface area (Å²) in [6, 6.07) is 18.5. The fraction of sp³-hybridized carbons (Fsp3) is 0.217. The van der Waals surface area contributed by atoms with Gasteiger partial charge in [0.05, 0.1) is 13.0 Å². The van der Waals surface area contributed by atoms with E-state index in [-0.39, 0.29) is 12.3 Å². The van der Waals surface area contributed by atoms with Crippen molar-refractivity contribution in [3.8, 4) is 17.2 Å². The number of benzene rings is 2. The number of carbonyl (C=O) groups excluding carboxylic acids is 2. The van der Waals surface area contributed by atoms with Crippen LogP contribution in [0.1, 0.15) is 19.4 Å². The zero-order valence-corrected chi connectivity index (χ0v) is 17.0. The molecule has 7 heteroatoms. The van der Waals surface area contributed by atoms with Crippen LogP contribution in [-0.4, -0.2) is 29.1 Å². The fourth-order valence-electron chi connectivity index (χ4n) is 2.79. The van der Waals surface area contributed by atoms with Crippen molar-refractivity contribution in [2.24, 2.45) is 0 Å². The molecule has 0 aliphatic carbocycles. The standard InChI is InChI=1S/C23H25N3O4/c1-3-29-20-10-12-21(13-11-20)30-17(2)23(28)25-24-22(27)16-18-6-8-19(9-7-18)26-14-4-5-15-26/h4-15,17H,3,16H2,1-2H3,(H,24,27)(H,25,28). The molecule has 0 aliphatic heterocycles. The highest BCUT2D eigenvalue weighted by molar-refractivity contribution is 5.85. The van der Waals surface area contributed by atoms with Gasteiger partial charge in [0.15, 0.2) is 6.10 Å². The maximum Gasteiger partial charge on any atom is 0.279 e. The number of hydrogen-bond donors (Lipinski definition) is 2. The summed E-state index contributed by atoms with van der Waals surface area (Å²) in [6.07, 6.45) is 3.28. The molecular formula is C23H25N3O4. The van der Waals surface area contributed by atoms with Gasteiger partial charge in [0.2, 0.25) is 5.91 Å². The molecule has 30 heavy (non-hydrogen) atoms. The zero-order chi connectivity index (χ0) is 21.3. The van der Waals surface area contributed by atoms with Crippen molar-refractivity contribution in [3.63, 3.8) is 0 Å². The number of carbonyl (C=O) groups is 2. The molecule has 2 amide bonds. The van der Waals surface area contributed by atoms with E-state index in [0.29, 0.717) is 12.4 Å². The number of nitrogens with zero attached hydrogens (tertiary/aromatic N) is 1. The third kappa shape index (κ3) is 5.88. The number of nitrogens with one attached hydrogen (secondary N) is 2. The molecule has 2 aromatic carbocycles. The highest BCUT2D eigenvalue weighted by Crippen LogP contribution is 2.18. The van der Waals surface area contributed by atoms with Gasteiger partial charge in [0.1, 0.15) is 11.5 Å². The number of rotatable bonds is 8. The summed E-state index contributed by atoms with van der Waals surface area (Å²) in [6.45, 7) is 4.10. The lowest BCUT2D eigenvalue weighted by molar-refractivity contribution is -0.132. The first-order valence-corrected chi connectivity index (χ1v) is 9.75. The second kappa shape index (κ2) is 10.2. The molecule has 0 aliphatic rings. The second-order valence-electron chi connectivity index (χ2n) is 6.64. The lowest BCUT2D eigenvalue weighted by atomic mass is 10.1. The van der Waals surface area contributed by atoms with Crippen molar-refractivity contribution < 1.29 is 19.1 Å². The molecule has 1 unspecified atom stereocenters. The molecule has 7 nitrogen and oxygen atoms in total. The first-order valence-electron chi connectivity index (χ1n) is 9.75. The van der Waals surface area contributed by atoms with E-state index in [1.807, 2.05) is 60.3 Å². The smallest absolute Gasteiger partial charge is 0.279 e. The topological polar surface area (TPSA) is 81.6 Å². The summed E-state index contributed by atoms with van der Waals surface area (Å²) in [5.74, 6) is 0.511. The number of aromatic nitrogens is 1. The maximum absolute atomic E-state index is 12.2. The molecule has 0 saturated heterocycles. The van der Waals surface area contributed by atoms with Gasteiger partial charge in [-0.25, -0.2) is 0 Å². The second-order valence-corrected chi connectivity index (χ2v) is 6.64. The Bertz CT molecular complexity index is 951. The van der Waals surface area contributed by atoms with Crippen molar-refractivity contribution in [3.05, 3.63) is 78.6 Å². The monoisotopic (exact) mass is 407 g/mol. The minimum absolute atomic E-state index is 0.153. The molecule has 1 aromatic heterocycles. The molecule has 156 valence electrons.